The van der Waals surface area contributed by atoms with E-state index in [-0.39, 0.29) is 0 Å². The van der Waals surface area contributed by atoms with Gasteiger partial charge in [-0.15, -0.1) is 0 Å². The molecular formula is C10H15NO. The van der Waals surface area contributed by atoms with E-state index in [0.717, 1.165) is 12.1 Å². The van der Waals surface area contributed by atoms with Gasteiger partial charge in [0.2, 0.25) is 0 Å². The third-order valence-corrected chi connectivity index (χ3v) is 2.99. The van der Waals surface area contributed by atoms with Crippen LogP contribution in [0.2, 0.25) is 0 Å². The highest BCUT2D eigenvalue weighted by molar-refractivity contribution is 5.85. The largest absolute Gasteiger partial charge is 0.313 e. The van der Waals surface area contributed by atoms with Gasteiger partial charge in [0.15, 0.2) is 0 Å². The van der Waals surface area contributed by atoms with Crippen molar-refractivity contribution in [1.29, 1.82) is 0 Å². The molecule has 3 unspecified atom stereocenters. The molecule has 0 aromatic carbocycles. The number of carbonyl (C=O) groups is 1. The summed E-state index contributed by atoms with van der Waals surface area (Å²) in [5.41, 5.74) is 0.992. The highest BCUT2D eigenvalue weighted by atomic mass is 16.1. The molecule has 1 aliphatic carbocycles. The number of hydrogen-bond donors (Lipinski definition) is 1. The average molecular weight is 165 g/mol. The van der Waals surface area contributed by atoms with E-state index in [2.05, 4.69) is 11.9 Å². The molecule has 3 rings (SSSR count). The Morgan fingerprint density at radius 3 is 2.83 bits per heavy atom. The third-order valence-electron chi connectivity index (χ3n) is 2.99. The summed E-state index contributed by atoms with van der Waals surface area (Å²) >= 11 is 0. The van der Waals surface area contributed by atoms with Crippen molar-refractivity contribution >= 4 is 5.78 Å². The number of ketones is 1. The number of fused-ring (bicyclic) bond motifs is 1. The molecule has 0 spiro atoms. The predicted molar refractivity (Wildman–Crippen MR) is 47.8 cm³/mol. The minimum Gasteiger partial charge on any atom is -0.313 e. The maximum absolute atomic E-state index is 11.6. The zero-order valence-corrected chi connectivity index (χ0v) is 7.47. The molecule has 1 N–H and O–H groups in total. The molecule has 2 heterocycles. The van der Waals surface area contributed by atoms with Crippen LogP contribution in [0.1, 0.15) is 19.8 Å². The first-order chi connectivity index (χ1) is 5.68. The Balaban J connectivity index is 1.93. The Morgan fingerprint density at radius 2 is 2.42 bits per heavy atom. The smallest absolute Gasteiger partial charge is 0.141 e. The zero-order valence-electron chi connectivity index (χ0n) is 7.47. The van der Waals surface area contributed by atoms with E-state index in [1.165, 1.54) is 6.42 Å². The van der Waals surface area contributed by atoms with Crippen LogP contribution in [0.15, 0.2) is 12.2 Å². The van der Waals surface area contributed by atoms with Crippen molar-refractivity contribution in [3.05, 3.63) is 12.2 Å². The van der Waals surface area contributed by atoms with E-state index in [9.17, 15) is 4.79 Å². The van der Waals surface area contributed by atoms with Gasteiger partial charge in [-0.1, -0.05) is 12.2 Å². The first-order valence-electron chi connectivity index (χ1n) is 4.59. The molecule has 3 aliphatic rings. The Kier molecular flexibility index (Phi) is 1.80. The maximum Gasteiger partial charge on any atom is 0.141 e. The monoisotopic (exact) mass is 165 g/mol. The number of carbonyl (C=O) groups excluding carboxylic acids is 1. The molecule has 2 heteroatoms. The van der Waals surface area contributed by atoms with Gasteiger partial charge in [0.05, 0.1) is 0 Å². The lowest BCUT2D eigenvalue weighted by Crippen LogP contribution is -2.42. The Labute approximate surface area is 73.0 Å². The van der Waals surface area contributed by atoms with Gasteiger partial charge in [-0.3, -0.25) is 4.79 Å². The van der Waals surface area contributed by atoms with E-state index < -0.39 is 0 Å². The van der Waals surface area contributed by atoms with Crippen molar-refractivity contribution in [1.82, 2.24) is 5.32 Å². The summed E-state index contributed by atoms with van der Waals surface area (Å²) in [6.07, 6.45) is 1.80. The highest BCUT2D eigenvalue weighted by Crippen LogP contribution is 2.41. The summed E-state index contributed by atoms with van der Waals surface area (Å²) in [7, 11) is 0. The van der Waals surface area contributed by atoms with Crippen LogP contribution in [0.5, 0.6) is 0 Å². The highest BCUT2D eigenvalue weighted by Gasteiger charge is 2.49. The van der Waals surface area contributed by atoms with Gasteiger partial charge in [0, 0.05) is 18.4 Å². The van der Waals surface area contributed by atoms with Crippen molar-refractivity contribution in [2.75, 3.05) is 6.54 Å². The average Bonchev–Trinajstić information content (AvgIpc) is 2.39. The van der Waals surface area contributed by atoms with Gasteiger partial charge in [0.1, 0.15) is 5.78 Å². The lowest BCUT2D eigenvalue weighted by atomic mass is 9.70. The fourth-order valence-electron chi connectivity index (χ4n) is 2.38. The number of hydrogen-bond acceptors (Lipinski definition) is 2. The fourth-order valence-corrected chi connectivity index (χ4v) is 2.38. The SMILES string of the molecule is C=C(C)CC(=O)C1C2CNC1C2. The molecule has 2 nitrogen and oxygen atoms in total. The number of nitrogens with one attached hydrogen (secondary N) is 1. The Hall–Kier alpha value is -0.630. The van der Waals surface area contributed by atoms with E-state index in [0.29, 0.717) is 30.1 Å². The second-order valence-corrected chi connectivity index (χ2v) is 4.14. The molecule has 12 heavy (non-hydrogen) atoms. The quantitative estimate of drug-likeness (QED) is 0.635. The number of allylic oxidation sites excluding steroid dienone is 1. The van der Waals surface area contributed by atoms with Gasteiger partial charge in [-0.05, 0) is 25.8 Å². The fraction of sp³-hybridized carbons (Fsp3) is 0.700. The molecular weight excluding hydrogens is 150 g/mol. The van der Waals surface area contributed by atoms with Gasteiger partial charge in [-0.25, -0.2) is 0 Å². The molecule has 0 amide bonds. The number of rotatable bonds is 3. The van der Waals surface area contributed by atoms with Crippen molar-refractivity contribution in [2.24, 2.45) is 11.8 Å². The van der Waals surface area contributed by atoms with Gasteiger partial charge >= 0.3 is 0 Å². The van der Waals surface area contributed by atoms with E-state index in [4.69, 9.17) is 0 Å². The van der Waals surface area contributed by atoms with Crippen LogP contribution in [-0.2, 0) is 4.79 Å². The van der Waals surface area contributed by atoms with Gasteiger partial charge < -0.3 is 5.32 Å². The molecule has 2 aliphatic heterocycles. The molecule has 0 aromatic heterocycles. The van der Waals surface area contributed by atoms with Crippen LogP contribution in [-0.4, -0.2) is 18.4 Å². The molecule has 2 saturated heterocycles. The minimum absolute atomic E-state index is 0.321. The summed E-state index contributed by atoms with van der Waals surface area (Å²) < 4.78 is 0. The van der Waals surface area contributed by atoms with Crippen LogP contribution < -0.4 is 5.32 Å². The van der Waals surface area contributed by atoms with Crippen LogP contribution >= 0.6 is 0 Å². The van der Waals surface area contributed by atoms with Gasteiger partial charge in [0.25, 0.3) is 0 Å². The molecule has 2 bridgehead atoms. The van der Waals surface area contributed by atoms with E-state index in [1.54, 1.807) is 0 Å². The lowest BCUT2D eigenvalue weighted by molar-refractivity contribution is -0.126. The molecule has 66 valence electrons. The Bertz CT molecular complexity index is 220. The predicted octanol–water partition coefficient (Wildman–Crippen LogP) is 1.13. The van der Waals surface area contributed by atoms with E-state index >= 15 is 0 Å². The van der Waals surface area contributed by atoms with Crippen LogP contribution in [0, 0.1) is 11.8 Å². The summed E-state index contributed by atoms with van der Waals surface area (Å²) in [4.78, 5) is 11.6. The Morgan fingerprint density at radius 1 is 1.67 bits per heavy atom. The summed E-state index contributed by atoms with van der Waals surface area (Å²) in [5, 5.41) is 3.35. The third kappa shape index (κ3) is 1.11. The second kappa shape index (κ2) is 2.70. The van der Waals surface area contributed by atoms with Crippen molar-refractivity contribution in [2.45, 2.75) is 25.8 Å². The first kappa shape index (κ1) is 7.99. The lowest BCUT2D eigenvalue weighted by Gasteiger charge is -2.33. The zero-order chi connectivity index (χ0) is 8.72. The molecule has 1 saturated carbocycles. The van der Waals surface area contributed by atoms with E-state index in [1.807, 2.05) is 6.92 Å². The minimum atomic E-state index is 0.321. The number of Topliss-reactive ketones (excluding diaryl/α,β-unsaturated/α-hetero) is 1. The first-order valence-corrected chi connectivity index (χ1v) is 4.59. The normalized spacial score (nSPS) is 37.6. The summed E-state index contributed by atoms with van der Waals surface area (Å²) in [5.74, 6) is 1.36. The van der Waals surface area contributed by atoms with Crippen molar-refractivity contribution in [3.63, 3.8) is 0 Å². The second-order valence-electron chi connectivity index (χ2n) is 4.14. The van der Waals surface area contributed by atoms with Crippen molar-refractivity contribution < 1.29 is 4.79 Å². The summed E-state index contributed by atoms with van der Waals surface area (Å²) in [6.45, 7) is 6.74. The van der Waals surface area contributed by atoms with Crippen LogP contribution in [0.4, 0.5) is 0 Å². The van der Waals surface area contributed by atoms with Crippen LogP contribution in [0.25, 0.3) is 0 Å². The van der Waals surface area contributed by atoms with Crippen LogP contribution in [0.3, 0.4) is 0 Å². The van der Waals surface area contributed by atoms with Crippen molar-refractivity contribution in [3.8, 4) is 0 Å². The molecule has 3 atom stereocenters. The molecule has 3 fully saturated rings. The van der Waals surface area contributed by atoms with Gasteiger partial charge in [-0.2, -0.15) is 0 Å². The summed E-state index contributed by atoms with van der Waals surface area (Å²) in [6, 6.07) is 0.502. The maximum atomic E-state index is 11.6. The topological polar surface area (TPSA) is 29.1 Å². The molecule has 0 aromatic rings. The standard InChI is InChI=1S/C10H15NO/c1-6(2)3-9(12)10-7-4-8(10)11-5-7/h7-8,10-11H,1,3-5H2,2H3. The molecule has 0 radical (unpaired) electrons.